The highest BCUT2D eigenvalue weighted by molar-refractivity contribution is 5.73. The Morgan fingerprint density at radius 3 is 2.29 bits per heavy atom. The summed E-state index contributed by atoms with van der Waals surface area (Å²) in [5, 5.41) is 6.24. The van der Waals surface area contributed by atoms with Crippen molar-refractivity contribution in [3.05, 3.63) is 12.7 Å². The molecule has 1 aliphatic rings. The Morgan fingerprint density at radius 2 is 1.93 bits per heavy atom. The molecular formula is C11H22N2O. The summed E-state index contributed by atoms with van der Waals surface area (Å²) < 4.78 is 0. The van der Waals surface area contributed by atoms with Gasteiger partial charge in [0.25, 0.3) is 0 Å². The van der Waals surface area contributed by atoms with Crippen molar-refractivity contribution in [3.8, 4) is 0 Å². The van der Waals surface area contributed by atoms with Crippen molar-refractivity contribution < 1.29 is 4.79 Å². The molecule has 1 heterocycles. The molecule has 0 aromatic heterocycles. The minimum absolute atomic E-state index is 0.0388. The van der Waals surface area contributed by atoms with Gasteiger partial charge in [-0.05, 0) is 39.8 Å². The summed E-state index contributed by atoms with van der Waals surface area (Å²) in [5.41, 5.74) is 0.0388. The second kappa shape index (κ2) is 6.60. The minimum atomic E-state index is 0.0388. The zero-order valence-corrected chi connectivity index (χ0v) is 9.52. The average molecular weight is 198 g/mol. The molecule has 0 aromatic rings. The number of carbonyl (C=O) groups excluding carboxylic acids is 1. The van der Waals surface area contributed by atoms with Crippen LogP contribution in [0.4, 0.5) is 0 Å². The van der Waals surface area contributed by atoms with E-state index in [2.05, 4.69) is 24.1 Å². The van der Waals surface area contributed by atoms with Crippen LogP contribution in [0.15, 0.2) is 12.7 Å². The number of hydrogen-bond donors (Lipinski definition) is 2. The fourth-order valence-electron chi connectivity index (χ4n) is 1.53. The first-order valence-electron chi connectivity index (χ1n) is 5.10. The zero-order chi connectivity index (χ0) is 11.0. The third-order valence-electron chi connectivity index (χ3n) is 2.18. The van der Waals surface area contributed by atoms with Crippen molar-refractivity contribution in [2.24, 2.45) is 0 Å². The number of nitrogens with one attached hydrogen (secondary N) is 2. The molecule has 14 heavy (non-hydrogen) atoms. The van der Waals surface area contributed by atoms with Crippen LogP contribution >= 0.6 is 0 Å². The molecule has 0 spiro atoms. The molecule has 1 amide bonds. The molecule has 3 heteroatoms. The number of rotatable bonds is 1. The zero-order valence-electron chi connectivity index (χ0n) is 9.52. The molecule has 3 nitrogen and oxygen atoms in total. The summed E-state index contributed by atoms with van der Waals surface area (Å²) in [4.78, 5) is 10.8. The number of amides is 1. The molecule has 1 saturated heterocycles. The van der Waals surface area contributed by atoms with Gasteiger partial charge in [-0.3, -0.25) is 4.79 Å². The molecule has 0 aromatic carbocycles. The van der Waals surface area contributed by atoms with Crippen molar-refractivity contribution in [2.75, 3.05) is 13.1 Å². The highest BCUT2D eigenvalue weighted by Crippen LogP contribution is 2.16. The Hall–Kier alpha value is -0.830. The fraction of sp³-hybridized carbons (Fsp3) is 0.727. The van der Waals surface area contributed by atoms with E-state index in [9.17, 15) is 4.79 Å². The van der Waals surface area contributed by atoms with Crippen LogP contribution in [0.3, 0.4) is 0 Å². The largest absolute Gasteiger partial charge is 0.351 e. The van der Waals surface area contributed by atoms with E-state index in [0.717, 1.165) is 25.9 Å². The topological polar surface area (TPSA) is 41.1 Å². The summed E-state index contributed by atoms with van der Waals surface area (Å²) in [6, 6.07) is 0. The molecule has 0 saturated carbocycles. The predicted octanol–water partition coefficient (Wildman–Crippen LogP) is 1.46. The lowest BCUT2D eigenvalue weighted by Crippen LogP contribution is -2.51. The third-order valence-corrected chi connectivity index (χ3v) is 2.18. The van der Waals surface area contributed by atoms with Gasteiger partial charge in [0.05, 0.1) is 0 Å². The minimum Gasteiger partial charge on any atom is -0.351 e. The lowest BCUT2D eigenvalue weighted by Gasteiger charge is -2.34. The van der Waals surface area contributed by atoms with Gasteiger partial charge in [-0.25, -0.2) is 0 Å². The van der Waals surface area contributed by atoms with Gasteiger partial charge in [0.1, 0.15) is 0 Å². The summed E-state index contributed by atoms with van der Waals surface area (Å²) in [7, 11) is 0. The maximum absolute atomic E-state index is 10.8. The molecule has 0 radical (unpaired) electrons. The first-order chi connectivity index (χ1) is 6.54. The van der Waals surface area contributed by atoms with Crippen molar-refractivity contribution in [1.29, 1.82) is 0 Å². The summed E-state index contributed by atoms with van der Waals surface area (Å²) >= 11 is 0. The van der Waals surface area contributed by atoms with Gasteiger partial charge in [0.15, 0.2) is 0 Å². The Morgan fingerprint density at radius 1 is 1.50 bits per heavy atom. The van der Waals surface area contributed by atoms with E-state index in [1.807, 2.05) is 6.92 Å². The van der Waals surface area contributed by atoms with E-state index in [4.69, 9.17) is 0 Å². The van der Waals surface area contributed by atoms with E-state index >= 15 is 0 Å². The normalized spacial score (nSPS) is 18.8. The van der Waals surface area contributed by atoms with Crippen LogP contribution in [0, 0.1) is 0 Å². The molecule has 1 aliphatic heterocycles. The summed E-state index contributed by atoms with van der Waals surface area (Å²) in [5.74, 6) is 0.0781. The summed E-state index contributed by atoms with van der Waals surface area (Å²) in [6.45, 7) is 11.0. The highest BCUT2D eigenvalue weighted by Gasteiger charge is 2.26. The number of piperidine rings is 1. The summed E-state index contributed by atoms with van der Waals surface area (Å²) in [6.07, 6.45) is 3.82. The van der Waals surface area contributed by atoms with Gasteiger partial charge in [0.2, 0.25) is 5.91 Å². The van der Waals surface area contributed by atoms with Gasteiger partial charge in [-0.15, -0.1) is 6.58 Å². The van der Waals surface area contributed by atoms with Crippen LogP contribution in [-0.4, -0.2) is 24.5 Å². The van der Waals surface area contributed by atoms with Crippen molar-refractivity contribution >= 4 is 5.91 Å². The van der Waals surface area contributed by atoms with Crippen LogP contribution in [0.1, 0.15) is 33.6 Å². The van der Waals surface area contributed by atoms with Crippen molar-refractivity contribution in [3.63, 3.8) is 0 Å². The van der Waals surface area contributed by atoms with Crippen LogP contribution < -0.4 is 10.6 Å². The smallest absolute Gasteiger partial charge is 0.217 e. The molecular weight excluding hydrogens is 176 g/mol. The molecule has 1 fully saturated rings. The molecule has 0 bridgehead atoms. The van der Waals surface area contributed by atoms with E-state index < -0.39 is 0 Å². The first kappa shape index (κ1) is 13.2. The Bertz CT molecular complexity index is 184. The molecule has 1 rings (SSSR count). The SMILES string of the molecule is C=CC.CC(=O)NC1(C)CCNCC1. The molecule has 0 aliphatic carbocycles. The van der Waals surface area contributed by atoms with Crippen LogP contribution in [0.25, 0.3) is 0 Å². The monoisotopic (exact) mass is 198 g/mol. The predicted molar refractivity (Wildman–Crippen MR) is 60.2 cm³/mol. The van der Waals surface area contributed by atoms with Gasteiger partial charge >= 0.3 is 0 Å². The number of carbonyl (C=O) groups is 1. The van der Waals surface area contributed by atoms with E-state index in [0.29, 0.717) is 0 Å². The maximum Gasteiger partial charge on any atom is 0.217 e. The van der Waals surface area contributed by atoms with E-state index in [1.54, 1.807) is 13.0 Å². The van der Waals surface area contributed by atoms with E-state index in [1.165, 1.54) is 0 Å². The molecule has 0 atom stereocenters. The lowest BCUT2D eigenvalue weighted by molar-refractivity contribution is -0.121. The quantitative estimate of drug-likeness (QED) is 0.626. The van der Waals surface area contributed by atoms with Crippen molar-refractivity contribution in [1.82, 2.24) is 10.6 Å². The molecule has 0 unspecified atom stereocenters. The second-order valence-corrected chi connectivity index (χ2v) is 3.90. The van der Waals surface area contributed by atoms with Gasteiger partial charge in [-0.2, -0.15) is 0 Å². The fourth-order valence-corrected chi connectivity index (χ4v) is 1.53. The van der Waals surface area contributed by atoms with Crippen LogP contribution in [0.5, 0.6) is 0 Å². The molecule has 2 N–H and O–H groups in total. The van der Waals surface area contributed by atoms with Crippen LogP contribution in [-0.2, 0) is 4.79 Å². The third kappa shape index (κ3) is 5.75. The maximum atomic E-state index is 10.8. The Balaban J connectivity index is 0.000000500. The second-order valence-electron chi connectivity index (χ2n) is 3.90. The highest BCUT2D eigenvalue weighted by atomic mass is 16.1. The standard InChI is InChI=1S/C8H16N2O.C3H6/c1-7(11)10-8(2)3-5-9-6-4-8;1-3-2/h9H,3-6H2,1-2H3,(H,10,11);3H,1H2,2H3. The Kier molecular flexibility index (Phi) is 6.21. The molecule has 82 valence electrons. The number of allylic oxidation sites excluding steroid dienone is 1. The average Bonchev–Trinajstić information content (AvgIpc) is 2.04. The van der Waals surface area contributed by atoms with Crippen LogP contribution in [0.2, 0.25) is 0 Å². The van der Waals surface area contributed by atoms with Gasteiger partial charge in [0, 0.05) is 12.5 Å². The van der Waals surface area contributed by atoms with Crippen molar-refractivity contribution in [2.45, 2.75) is 39.2 Å². The Labute approximate surface area is 87.0 Å². The lowest BCUT2D eigenvalue weighted by atomic mass is 9.91. The first-order valence-corrected chi connectivity index (χ1v) is 5.10. The van der Waals surface area contributed by atoms with Gasteiger partial charge < -0.3 is 10.6 Å². The van der Waals surface area contributed by atoms with Gasteiger partial charge in [-0.1, -0.05) is 6.08 Å². The number of hydrogen-bond acceptors (Lipinski definition) is 2. The van der Waals surface area contributed by atoms with E-state index in [-0.39, 0.29) is 11.4 Å².